The molecule has 0 spiro atoms. The number of pyridine rings is 1. The second kappa shape index (κ2) is 9.27. The highest BCUT2D eigenvalue weighted by Gasteiger charge is 2.15. The van der Waals surface area contributed by atoms with Crippen molar-refractivity contribution in [3.8, 4) is 23.0 Å². The molecule has 0 fully saturated rings. The number of ether oxygens (including phenoxy) is 3. The Balaban J connectivity index is 1.60. The Morgan fingerprint density at radius 1 is 0.900 bits per heavy atom. The molecule has 5 nitrogen and oxygen atoms in total. The Morgan fingerprint density at radius 2 is 1.73 bits per heavy atom. The van der Waals surface area contributed by atoms with Crippen molar-refractivity contribution < 1.29 is 14.2 Å². The molecule has 3 aromatic rings. The highest BCUT2D eigenvalue weighted by molar-refractivity contribution is 6.15. The average molecular weight is 400 g/mol. The van der Waals surface area contributed by atoms with E-state index in [1.807, 2.05) is 54.7 Å². The van der Waals surface area contributed by atoms with E-state index in [1.165, 1.54) is 5.57 Å². The van der Waals surface area contributed by atoms with Gasteiger partial charge in [-0.2, -0.15) is 0 Å². The van der Waals surface area contributed by atoms with Crippen LogP contribution in [0.1, 0.15) is 24.0 Å². The van der Waals surface area contributed by atoms with Gasteiger partial charge in [-0.1, -0.05) is 6.07 Å². The number of benzene rings is 2. The maximum absolute atomic E-state index is 6.00. The van der Waals surface area contributed by atoms with Gasteiger partial charge in [-0.05, 0) is 78.6 Å². The molecule has 2 heterocycles. The normalized spacial score (nSPS) is 14.9. The van der Waals surface area contributed by atoms with E-state index in [4.69, 9.17) is 19.2 Å². The first-order chi connectivity index (χ1) is 14.8. The fourth-order valence-corrected chi connectivity index (χ4v) is 3.43. The molecule has 4 rings (SSSR count). The van der Waals surface area contributed by atoms with Crippen LogP contribution in [0.5, 0.6) is 23.0 Å². The molecule has 0 saturated heterocycles. The lowest BCUT2D eigenvalue weighted by atomic mass is 9.95. The number of methoxy groups -OCH3 is 2. The van der Waals surface area contributed by atoms with Gasteiger partial charge in [0.25, 0.3) is 0 Å². The molecule has 0 N–H and O–H groups in total. The summed E-state index contributed by atoms with van der Waals surface area (Å²) in [6.45, 7) is 0.847. The van der Waals surface area contributed by atoms with Crippen molar-refractivity contribution in [2.75, 3.05) is 20.8 Å². The Hall–Kier alpha value is -3.60. The lowest BCUT2D eigenvalue weighted by Gasteiger charge is -2.17. The van der Waals surface area contributed by atoms with Gasteiger partial charge in [0.1, 0.15) is 11.5 Å². The minimum absolute atomic E-state index is 0.662. The Bertz CT molecular complexity index is 1060. The van der Waals surface area contributed by atoms with Crippen LogP contribution in [-0.4, -0.2) is 31.5 Å². The van der Waals surface area contributed by atoms with Gasteiger partial charge in [-0.15, -0.1) is 0 Å². The lowest BCUT2D eigenvalue weighted by molar-refractivity contribution is 0.378. The van der Waals surface area contributed by atoms with E-state index in [2.05, 4.69) is 17.1 Å². The molecule has 5 heteroatoms. The molecule has 1 aliphatic rings. The zero-order valence-electron chi connectivity index (χ0n) is 17.2. The molecule has 0 atom stereocenters. The molecule has 1 aliphatic heterocycles. The van der Waals surface area contributed by atoms with Crippen molar-refractivity contribution in [3.63, 3.8) is 0 Å². The standard InChI is InChI=1S/C25H24N2O3/c1-28-21-8-10-22(11-9-21)30-23-12-7-18(16-24(23)29-2)15-19-5-4-14-27-25(19)20-6-3-13-26-17-20/h3,6-13,15-17H,4-5,14H2,1-2H3. The smallest absolute Gasteiger partial charge is 0.169 e. The predicted octanol–water partition coefficient (Wildman–Crippen LogP) is 5.56. The van der Waals surface area contributed by atoms with Gasteiger partial charge in [-0.3, -0.25) is 9.98 Å². The molecule has 2 aromatic carbocycles. The monoisotopic (exact) mass is 400 g/mol. The maximum Gasteiger partial charge on any atom is 0.169 e. The molecule has 0 bridgehead atoms. The second-order valence-electron chi connectivity index (χ2n) is 6.93. The van der Waals surface area contributed by atoms with Gasteiger partial charge in [0, 0.05) is 24.5 Å². The fourth-order valence-electron chi connectivity index (χ4n) is 3.43. The zero-order chi connectivity index (χ0) is 20.8. The molecule has 0 radical (unpaired) electrons. The van der Waals surface area contributed by atoms with Gasteiger partial charge in [0.15, 0.2) is 11.5 Å². The number of aliphatic imine (C=N–C) groups is 1. The molecule has 0 saturated carbocycles. The predicted molar refractivity (Wildman–Crippen MR) is 119 cm³/mol. The first-order valence-electron chi connectivity index (χ1n) is 9.92. The largest absolute Gasteiger partial charge is 0.497 e. The van der Waals surface area contributed by atoms with Crippen molar-refractivity contribution >= 4 is 11.8 Å². The summed E-state index contributed by atoms with van der Waals surface area (Å²) in [5.74, 6) is 2.85. The zero-order valence-corrected chi connectivity index (χ0v) is 17.2. The minimum Gasteiger partial charge on any atom is -0.497 e. The SMILES string of the molecule is COc1ccc(Oc2ccc(C=C3CCCN=C3c3cccnc3)cc2OC)cc1. The van der Waals surface area contributed by atoms with Crippen molar-refractivity contribution in [1.29, 1.82) is 0 Å². The van der Waals surface area contributed by atoms with E-state index in [1.54, 1.807) is 20.4 Å². The number of hydrogen-bond donors (Lipinski definition) is 0. The number of aromatic nitrogens is 1. The highest BCUT2D eigenvalue weighted by Crippen LogP contribution is 2.34. The molecule has 1 aromatic heterocycles. The first-order valence-corrected chi connectivity index (χ1v) is 9.92. The van der Waals surface area contributed by atoms with Crippen LogP contribution in [0.15, 0.2) is 77.6 Å². The Kier molecular flexibility index (Phi) is 6.09. The van der Waals surface area contributed by atoms with Crippen LogP contribution in [0, 0.1) is 0 Å². The molecular formula is C25H24N2O3. The number of nitrogens with zero attached hydrogens (tertiary/aromatic N) is 2. The van der Waals surface area contributed by atoms with Gasteiger partial charge in [0.2, 0.25) is 0 Å². The second-order valence-corrected chi connectivity index (χ2v) is 6.93. The van der Waals surface area contributed by atoms with Crippen LogP contribution in [0.25, 0.3) is 6.08 Å². The summed E-state index contributed by atoms with van der Waals surface area (Å²) in [4.78, 5) is 8.99. The molecule has 0 amide bonds. The number of rotatable bonds is 6. The number of allylic oxidation sites excluding steroid dienone is 1. The first kappa shape index (κ1) is 19.7. The summed E-state index contributed by atoms with van der Waals surface area (Å²) in [6, 6.07) is 17.4. The van der Waals surface area contributed by atoms with Crippen molar-refractivity contribution in [1.82, 2.24) is 4.98 Å². The van der Waals surface area contributed by atoms with Crippen molar-refractivity contribution in [3.05, 3.63) is 83.7 Å². The number of hydrogen-bond acceptors (Lipinski definition) is 5. The summed E-state index contributed by atoms with van der Waals surface area (Å²) < 4.78 is 16.8. The summed E-state index contributed by atoms with van der Waals surface area (Å²) >= 11 is 0. The summed E-state index contributed by atoms with van der Waals surface area (Å²) in [6.07, 6.45) is 7.85. The van der Waals surface area contributed by atoms with Crippen molar-refractivity contribution in [2.45, 2.75) is 12.8 Å². The van der Waals surface area contributed by atoms with E-state index in [0.717, 1.165) is 47.7 Å². The van der Waals surface area contributed by atoms with Crippen molar-refractivity contribution in [2.24, 2.45) is 4.99 Å². The van der Waals surface area contributed by atoms with Crippen LogP contribution in [0.2, 0.25) is 0 Å². The minimum atomic E-state index is 0.662. The topological polar surface area (TPSA) is 52.9 Å². The molecule has 152 valence electrons. The van der Waals surface area contributed by atoms with Crippen LogP contribution in [-0.2, 0) is 0 Å². The Morgan fingerprint density at radius 3 is 2.47 bits per heavy atom. The van der Waals surface area contributed by atoms with E-state index in [9.17, 15) is 0 Å². The molecule has 30 heavy (non-hydrogen) atoms. The fraction of sp³-hybridized carbons (Fsp3) is 0.200. The van der Waals surface area contributed by atoms with Gasteiger partial charge < -0.3 is 14.2 Å². The van der Waals surface area contributed by atoms with Gasteiger partial charge in [0.05, 0.1) is 19.9 Å². The maximum atomic E-state index is 6.00. The van der Waals surface area contributed by atoms with Crippen LogP contribution >= 0.6 is 0 Å². The van der Waals surface area contributed by atoms with Gasteiger partial charge >= 0.3 is 0 Å². The summed E-state index contributed by atoms with van der Waals surface area (Å²) in [5.41, 5.74) is 4.32. The van der Waals surface area contributed by atoms with Crippen LogP contribution in [0.4, 0.5) is 0 Å². The highest BCUT2D eigenvalue weighted by atomic mass is 16.5. The Labute approximate surface area is 176 Å². The summed E-state index contributed by atoms with van der Waals surface area (Å²) in [7, 11) is 3.29. The molecule has 0 unspecified atom stereocenters. The van der Waals surface area contributed by atoms with E-state index >= 15 is 0 Å². The third kappa shape index (κ3) is 4.51. The average Bonchev–Trinajstić information content (AvgIpc) is 2.81. The van der Waals surface area contributed by atoms with Crippen LogP contribution < -0.4 is 14.2 Å². The third-order valence-corrected chi connectivity index (χ3v) is 4.93. The third-order valence-electron chi connectivity index (χ3n) is 4.93. The van der Waals surface area contributed by atoms with E-state index < -0.39 is 0 Å². The quantitative estimate of drug-likeness (QED) is 0.544. The molecular weight excluding hydrogens is 376 g/mol. The lowest BCUT2D eigenvalue weighted by Crippen LogP contribution is -2.11. The summed E-state index contributed by atoms with van der Waals surface area (Å²) in [5, 5.41) is 0. The van der Waals surface area contributed by atoms with Crippen LogP contribution in [0.3, 0.4) is 0 Å². The molecule has 0 aliphatic carbocycles. The van der Waals surface area contributed by atoms with Gasteiger partial charge in [-0.25, -0.2) is 0 Å². The van der Waals surface area contributed by atoms with E-state index in [0.29, 0.717) is 11.5 Å². The van der Waals surface area contributed by atoms with E-state index in [-0.39, 0.29) is 0 Å².